The third kappa shape index (κ3) is 4.52. The SMILES string of the molecule is CC(CC(C)c1ccccc1S[SH2+])OC(=O)[OH2+]. The van der Waals surface area contributed by atoms with E-state index in [0.717, 1.165) is 0 Å². The van der Waals surface area contributed by atoms with Crippen molar-refractivity contribution < 1.29 is 14.6 Å². The summed E-state index contributed by atoms with van der Waals surface area (Å²) in [5.74, 6) is 0.282. The number of hydrogen-bond donors (Lipinski definition) is 0. The lowest BCUT2D eigenvalue weighted by Crippen LogP contribution is -2.15. The van der Waals surface area contributed by atoms with Gasteiger partial charge in [-0.05, 0) is 24.5 Å². The molecule has 17 heavy (non-hydrogen) atoms. The highest BCUT2D eigenvalue weighted by atomic mass is 33.1. The lowest BCUT2D eigenvalue weighted by Gasteiger charge is -2.15. The summed E-state index contributed by atoms with van der Waals surface area (Å²) in [6, 6.07) is 8.11. The van der Waals surface area contributed by atoms with Crippen LogP contribution in [0.2, 0.25) is 0 Å². The molecule has 0 aromatic heterocycles. The van der Waals surface area contributed by atoms with Crippen LogP contribution in [0.4, 0.5) is 4.79 Å². The summed E-state index contributed by atoms with van der Waals surface area (Å²) < 4.78 is 4.82. The van der Waals surface area contributed by atoms with Gasteiger partial charge in [-0.25, -0.2) is 0 Å². The maximum Gasteiger partial charge on any atom is 0.725 e. The predicted molar refractivity (Wildman–Crippen MR) is 75.0 cm³/mol. The van der Waals surface area contributed by atoms with E-state index in [-0.39, 0.29) is 12.0 Å². The zero-order valence-electron chi connectivity index (χ0n) is 9.90. The Labute approximate surface area is 110 Å². The molecule has 94 valence electrons. The van der Waals surface area contributed by atoms with Crippen LogP contribution in [0.15, 0.2) is 29.2 Å². The first kappa shape index (κ1) is 14.3. The maximum atomic E-state index is 10.5. The van der Waals surface area contributed by atoms with Gasteiger partial charge in [0, 0.05) is 22.9 Å². The minimum absolute atomic E-state index is 0.234. The molecule has 0 saturated carbocycles. The van der Waals surface area contributed by atoms with Gasteiger partial charge in [-0.2, -0.15) is 0 Å². The van der Waals surface area contributed by atoms with Crippen LogP contribution in [-0.2, 0) is 16.4 Å². The van der Waals surface area contributed by atoms with Crippen LogP contribution in [0.25, 0.3) is 0 Å². The lowest BCUT2D eigenvalue weighted by molar-refractivity contribution is 0.0535. The van der Waals surface area contributed by atoms with Crippen LogP contribution < -0.4 is 0 Å². The Hall–Kier alpha value is -0.810. The van der Waals surface area contributed by atoms with Crippen LogP contribution in [0.1, 0.15) is 31.7 Å². The van der Waals surface area contributed by atoms with Crippen LogP contribution in [0, 0.1) is 0 Å². The van der Waals surface area contributed by atoms with Gasteiger partial charge in [0.1, 0.15) is 10.8 Å². The minimum Gasteiger partial charge on any atom is -0.535 e. The summed E-state index contributed by atoms with van der Waals surface area (Å²) >= 11 is 3.43. The van der Waals surface area contributed by atoms with E-state index in [1.54, 1.807) is 0 Å². The lowest BCUT2D eigenvalue weighted by atomic mass is 9.95. The van der Waals surface area contributed by atoms with E-state index < -0.39 is 6.16 Å². The fourth-order valence-electron chi connectivity index (χ4n) is 1.84. The highest BCUT2D eigenvalue weighted by molar-refractivity contribution is 8.59. The zero-order chi connectivity index (χ0) is 12.8. The third-order valence-corrected chi connectivity index (χ3v) is 3.81. The molecule has 0 aliphatic rings. The molecule has 1 rings (SSSR count). The van der Waals surface area contributed by atoms with E-state index in [9.17, 15) is 4.79 Å². The van der Waals surface area contributed by atoms with E-state index in [2.05, 4.69) is 24.7 Å². The van der Waals surface area contributed by atoms with E-state index >= 15 is 0 Å². The predicted octanol–water partition coefficient (Wildman–Crippen LogP) is 2.45. The van der Waals surface area contributed by atoms with Gasteiger partial charge in [0.05, 0.1) is 4.90 Å². The number of benzene rings is 1. The largest absolute Gasteiger partial charge is 0.725 e. The van der Waals surface area contributed by atoms with E-state index in [4.69, 9.17) is 9.84 Å². The molecule has 0 aliphatic heterocycles. The Morgan fingerprint density at radius 1 is 1.47 bits per heavy atom. The molecule has 0 radical (unpaired) electrons. The Morgan fingerprint density at radius 2 is 2.12 bits per heavy atom. The van der Waals surface area contributed by atoms with Gasteiger partial charge in [0.15, 0.2) is 6.10 Å². The highest BCUT2D eigenvalue weighted by Gasteiger charge is 2.21. The van der Waals surface area contributed by atoms with Gasteiger partial charge in [-0.3, -0.25) is 0 Å². The fraction of sp³-hybridized carbons (Fsp3) is 0.417. The molecule has 0 bridgehead atoms. The second kappa shape index (κ2) is 6.81. The first-order chi connectivity index (χ1) is 8.04. The topological polar surface area (TPSA) is 49.2 Å². The Morgan fingerprint density at radius 3 is 2.71 bits per heavy atom. The summed E-state index contributed by atoms with van der Waals surface area (Å²) in [5.41, 5.74) is 1.22. The van der Waals surface area contributed by atoms with Gasteiger partial charge in [-0.1, -0.05) is 25.1 Å². The molecule has 0 fully saturated rings. The Balaban J connectivity index is 2.69. The second-order valence-corrected chi connectivity index (χ2v) is 5.25. The number of carbonyl (C=O) groups excluding carboxylic acids is 1. The fourth-order valence-corrected chi connectivity index (χ4v) is 2.93. The summed E-state index contributed by atoms with van der Waals surface area (Å²) in [7, 11) is 1.53. The molecule has 2 atom stereocenters. The summed E-state index contributed by atoms with van der Waals surface area (Å²) in [5, 5.41) is 6.76. The molecule has 0 heterocycles. The molecule has 0 saturated heterocycles. The van der Waals surface area contributed by atoms with E-state index in [1.807, 2.05) is 25.1 Å². The van der Waals surface area contributed by atoms with Crippen molar-refractivity contribution in [1.29, 1.82) is 0 Å². The van der Waals surface area contributed by atoms with Gasteiger partial charge >= 0.3 is 6.16 Å². The van der Waals surface area contributed by atoms with Crippen molar-refractivity contribution in [3.05, 3.63) is 29.8 Å². The average molecular weight is 274 g/mol. The number of carbonyl (C=O) groups is 1. The number of hydrogen-bond acceptors (Lipinski definition) is 3. The number of ether oxygens (including phenoxy) is 1. The molecular formula is C12H18O3S2+2. The molecule has 3 nitrogen and oxygen atoms in total. The van der Waals surface area contributed by atoms with E-state index in [0.29, 0.717) is 6.42 Å². The number of rotatable bonds is 5. The van der Waals surface area contributed by atoms with Crippen molar-refractivity contribution in [1.82, 2.24) is 0 Å². The molecule has 1 aromatic carbocycles. The van der Waals surface area contributed by atoms with Crippen molar-refractivity contribution in [2.45, 2.75) is 37.2 Å². The van der Waals surface area contributed by atoms with Crippen LogP contribution in [-0.4, -0.2) is 17.4 Å². The standard InChI is InChI=1S/C12H16O3S2/c1-8(7-9(2)15-12(13)14)10-5-3-4-6-11(10)17-16/h3-6,8-9,16H,7H2,1-2H3,(H,13,14)/p+2. The van der Waals surface area contributed by atoms with Crippen LogP contribution >= 0.6 is 10.8 Å². The molecule has 0 amide bonds. The van der Waals surface area contributed by atoms with Crippen molar-refractivity contribution >= 4 is 28.6 Å². The molecule has 0 spiro atoms. The smallest absolute Gasteiger partial charge is 0.535 e. The average Bonchev–Trinajstić information content (AvgIpc) is 2.27. The van der Waals surface area contributed by atoms with Crippen molar-refractivity contribution in [2.75, 3.05) is 0 Å². The third-order valence-electron chi connectivity index (χ3n) is 2.55. The molecule has 1 aromatic rings. The summed E-state index contributed by atoms with van der Waals surface area (Å²) in [4.78, 5) is 11.7. The van der Waals surface area contributed by atoms with Crippen LogP contribution in [0.5, 0.6) is 0 Å². The highest BCUT2D eigenvalue weighted by Crippen LogP contribution is 2.30. The van der Waals surface area contributed by atoms with Gasteiger partial charge < -0.3 is 9.84 Å². The normalized spacial score (nSPS) is 14.1. The maximum absolute atomic E-state index is 10.5. The molecular weight excluding hydrogens is 256 g/mol. The molecule has 2 N–H and O–H groups in total. The molecule has 5 heteroatoms. The van der Waals surface area contributed by atoms with E-state index in [1.165, 1.54) is 21.3 Å². The quantitative estimate of drug-likeness (QED) is 0.471. The first-order valence-corrected chi connectivity index (χ1v) is 7.43. The van der Waals surface area contributed by atoms with Crippen LogP contribution in [0.3, 0.4) is 0 Å². The minimum atomic E-state index is -0.965. The molecule has 2 unspecified atom stereocenters. The molecule has 0 aliphatic carbocycles. The van der Waals surface area contributed by atoms with Crippen molar-refractivity contribution in [3.8, 4) is 0 Å². The first-order valence-electron chi connectivity index (χ1n) is 5.39. The van der Waals surface area contributed by atoms with Crippen molar-refractivity contribution in [2.24, 2.45) is 0 Å². The van der Waals surface area contributed by atoms with Gasteiger partial charge in [0.25, 0.3) is 0 Å². The van der Waals surface area contributed by atoms with Crippen molar-refractivity contribution in [3.63, 3.8) is 0 Å². The Bertz CT molecular complexity index is 382. The second-order valence-electron chi connectivity index (χ2n) is 3.99. The summed E-state index contributed by atoms with van der Waals surface area (Å²) in [6.45, 7) is 3.90. The Kier molecular flexibility index (Phi) is 5.71. The zero-order valence-corrected chi connectivity index (χ0v) is 11.7. The van der Waals surface area contributed by atoms with Gasteiger partial charge in [-0.15, -0.1) is 0 Å². The summed E-state index contributed by atoms with van der Waals surface area (Å²) in [6.07, 6.45) is -0.482. The van der Waals surface area contributed by atoms with Gasteiger partial charge in [0.2, 0.25) is 0 Å². The monoisotopic (exact) mass is 274 g/mol.